The van der Waals surface area contributed by atoms with E-state index < -0.39 is 18.1 Å². The van der Waals surface area contributed by atoms with E-state index in [1.165, 1.54) is 6.07 Å². The molecule has 0 aromatic heterocycles. The van der Waals surface area contributed by atoms with Crippen LogP contribution in [0.3, 0.4) is 0 Å². The number of carbonyl (C=O) groups is 2. The normalized spacial score (nSPS) is 14.6. The van der Waals surface area contributed by atoms with Gasteiger partial charge in [-0.1, -0.05) is 18.2 Å². The molecule has 1 fully saturated rings. The van der Waals surface area contributed by atoms with Gasteiger partial charge >= 0.3 is 5.97 Å². The second kappa shape index (κ2) is 6.78. The number of hydrogen-bond donors (Lipinski definition) is 2. The third-order valence-corrected chi connectivity index (χ3v) is 4.55. The van der Waals surface area contributed by atoms with Crippen molar-refractivity contribution in [3.63, 3.8) is 0 Å². The summed E-state index contributed by atoms with van der Waals surface area (Å²) in [5.74, 6) is -1.22. The van der Waals surface area contributed by atoms with Gasteiger partial charge in [0.15, 0.2) is 6.61 Å². The van der Waals surface area contributed by atoms with E-state index in [0.717, 1.165) is 0 Å². The minimum absolute atomic E-state index is 0.290. The third-order valence-electron chi connectivity index (χ3n) is 4.55. The molecule has 1 aliphatic carbocycles. The highest BCUT2D eigenvalue weighted by atomic mass is 19.1. The largest absolute Gasteiger partial charge is 0.481 e. The molecule has 0 saturated heterocycles. The van der Waals surface area contributed by atoms with Crippen LogP contribution in [0.25, 0.3) is 0 Å². The van der Waals surface area contributed by atoms with Crippen LogP contribution in [0.15, 0.2) is 36.4 Å². The van der Waals surface area contributed by atoms with Crippen LogP contribution in [0.4, 0.5) is 4.39 Å². The number of aryl methyl sites for hydroxylation is 2. The molecule has 0 aliphatic heterocycles. The molecule has 1 amide bonds. The first kappa shape index (κ1) is 17.9. The van der Waals surface area contributed by atoms with Crippen molar-refractivity contribution < 1.29 is 23.8 Å². The third kappa shape index (κ3) is 3.54. The Labute approximate surface area is 150 Å². The molecule has 6 heteroatoms. The molecule has 2 aromatic rings. The van der Waals surface area contributed by atoms with Gasteiger partial charge in [0, 0.05) is 11.1 Å². The van der Waals surface area contributed by atoms with E-state index in [-0.39, 0.29) is 11.7 Å². The van der Waals surface area contributed by atoms with Gasteiger partial charge in [-0.2, -0.15) is 0 Å². The number of halogens is 1. The fraction of sp³-hybridized carbons (Fsp3) is 0.300. The number of carboxylic acid groups (broad SMARTS) is 1. The highest BCUT2D eigenvalue weighted by Gasteiger charge is 2.47. The van der Waals surface area contributed by atoms with Crippen LogP contribution >= 0.6 is 0 Å². The van der Waals surface area contributed by atoms with Crippen molar-refractivity contribution in [1.29, 1.82) is 0 Å². The molecule has 0 spiro atoms. The zero-order valence-corrected chi connectivity index (χ0v) is 14.6. The molecule has 2 N–H and O–H groups in total. The molecule has 3 rings (SSSR count). The fourth-order valence-corrected chi connectivity index (χ4v) is 3.17. The van der Waals surface area contributed by atoms with Gasteiger partial charge in [-0.15, -0.1) is 0 Å². The van der Waals surface area contributed by atoms with E-state index in [9.17, 15) is 14.0 Å². The van der Waals surface area contributed by atoms with Gasteiger partial charge in [0.1, 0.15) is 11.6 Å². The molecule has 0 bridgehead atoms. The number of ether oxygens (including phenoxy) is 1. The molecule has 0 unspecified atom stereocenters. The Bertz CT molecular complexity index is 851. The van der Waals surface area contributed by atoms with Crippen molar-refractivity contribution in [3.05, 3.63) is 64.5 Å². The minimum Gasteiger partial charge on any atom is -0.481 e. The van der Waals surface area contributed by atoms with Crippen LogP contribution in [0.5, 0.6) is 5.75 Å². The number of benzene rings is 2. The van der Waals surface area contributed by atoms with Crippen molar-refractivity contribution >= 4 is 11.9 Å². The number of amides is 1. The van der Waals surface area contributed by atoms with Crippen LogP contribution < -0.4 is 10.1 Å². The summed E-state index contributed by atoms with van der Waals surface area (Å²) in [5.41, 5.74) is 1.63. The number of nitrogens with one attached hydrogen (secondary N) is 1. The molecule has 2 aromatic carbocycles. The van der Waals surface area contributed by atoms with Gasteiger partial charge in [0.25, 0.3) is 5.91 Å². The first-order valence-corrected chi connectivity index (χ1v) is 8.36. The van der Waals surface area contributed by atoms with Crippen molar-refractivity contribution in [2.24, 2.45) is 0 Å². The summed E-state index contributed by atoms with van der Waals surface area (Å²) in [7, 11) is 0. The molecule has 0 radical (unpaired) electrons. The van der Waals surface area contributed by atoms with Gasteiger partial charge in [-0.3, -0.25) is 4.79 Å². The van der Waals surface area contributed by atoms with E-state index in [1.807, 2.05) is 0 Å². The van der Waals surface area contributed by atoms with Gasteiger partial charge in [0.05, 0.1) is 5.54 Å². The minimum atomic E-state index is -1.06. The topological polar surface area (TPSA) is 75.6 Å². The van der Waals surface area contributed by atoms with Crippen molar-refractivity contribution in [1.82, 2.24) is 5.32 Å². The SMILES string of the molecule is Cc1cc(C(=O)NC2(c3ccccc3F)CC2)cc(C)c1OCC(=O)O. The van der Waals surface area contributed by atoms with Gasteiger partial charge < -0.3 is 15.2 Å². The summed E-state index contributed by atoms with van der Waals surface area (Å²) in [6, 6.07) is 9.77. The van der Waals surface area contributed by atoms with Crippen LogP contribution in [0.1, 0.15) is 39.9 Å². The van der Waals surface area contributed by atoms with Crippen LogP contribution in [-0.4, -0.2) is 23.6 Å². The van der Waals surface area contributed by atoms with Gasteiger partial charge in [-0.25, -0.2) is 9.18 Å². The lowest BCUT2D eigenvalue weighted by atomic mass is 10.0. The lowest BCUT2D eigenvalue weighted by Gasteiger charge is -2.19. The molecule has 26 heavy (non-hydrogen) atoms. The van der Waals surface area contributed by atoms with E-state index >= 15 is 0 Å². The number of carboxylic acids is 1. The Hall–Kier alpha value is -2.89. The maximum absolute atomic E-state index is 14.1. The zero-order valence-electron chi connectivity index (χ0n) is 14.6. The van der Waals surface area contributed by atoms with Crippen molar-refractivity contribution in [2.45, 2.75) is 32.2 Å². The highest BCUT2D eigenvalue weighted by molar-refractivity contribution is 5.95. The lowest BCUT2D eigenvalue weighted by molar-refractivity contribution is -0.139. The number of carbonyl (C=O) groups excluding carboxylic acids is 1. The van der Waals surface area contributed by atoms with Crippen molar-refractivity contribution in [3.8, 4) is 5.75 Å². The predicted molar refractivity (Wildman–Crippen MR) is 93.8 cm³/mol. The second-order valence-corrected chi connectivity index (χ2v) is 6.64. The Balaban J connectivity index is 1.81. The first-order chi connectivity index (χ1) is 12.3. The second-order valence-electron chi connectivity index (χ2n) is 6.64. The first-order valence-electron chi connectivity index (χ1n) is 8.36. The Morgan fingerprint density at radius 3 is 2.35 bits per heavy atom. The summed E-state index contributed by atoms with van der Waals surface area (Å²) >= 11 is 0. The summed E-state index contributed by atoms with van der Waals surface area (Å²) in [6.45, 7) is 3.07. The highest BCUT2D eigenvalue weighted by Crippen LogP contribution is 2.46. The predicted octanol–water partition coefficient (Wildman–Crippen LogP) is 3.33. The number of rotatable bonds is 6. The zero-order chi connectivity index (χ0) is 18.9. The number of aliphatic carboxylic acids is 1. The Kier molecular flexibility index (Phi) is 4.68. The van der Waals surface area contributed by atoms with E-state index in [2.05, 4.69) is 5.32 Å². The molecule has 0 heterocycles. The quantitative estimate of drug-likeness (QED) is 0.832. The number of hydrogen-bond acceptors (Lipinski definition) is 3. The molecule has 136 valence electrons. The molecule has 5 nitrogen and oxygen atoms in total. The Morgan fingerprint density at radius 2 is 1.81 bits per heavy atom. The van der Waals surface area contributed by atoms with E-state index in [0.29, 0.717) is 40.8 Å². The van der Waals surface area contributed by atoms with Crippen LogP contribution in [-0.2, 0) is 10.3 Å². The van der Waals surface area contributed by atoms with Gasteiger partial charge in [-0.05, 0) is 56.0 Å². The molecule has 1 aliphatic rings. The summed E-state index contributed by atoms with van der Waals surface area (Å²) in [4.78, 5) is 23.4. The monoisotopic (exact) mass is 357 g/mol. The average molecular weight is 357 g/mol. The smallest absolute Gasteiger partial charge is 0.341 e. The molecular formula is C20H20FNO4. The fourth-order valence-electron chi connectivity index (χ4n) is 3.17. The summed E-state index contributed by atoms with van der Waals surface area (Å²) < 4.78 is 19.4. The maximum atomic E-state index is 14.1. The van der Waals surface area contributed by atoms with Crippen LogP contribution in [0.2, 0.25) is 0 Å². The summed E-state index contributed by atoms with van der Waals surface area (Å²) in [6.07, 6.45) is 1.38. The molecule has 0 atom stereocenters. The van der Waals surface area contributed by atoms with Crippen LogP contribution in [0, 0.1) is 19.7 Å². The van der Waals surface area contributed by atoms with Gasteiger partial charge in [0.2, 0.25) is 0 Å². The Morgan fingerprint density at radius 1 is 1.19 bits per heavy atom. The maximum Gasteiger partial charge on any atom is 0.341 e. The van der Waals surface area contributed by atoms with E-state index in [4.69, 9.17) is 9.84 Å². The standard InChI is InChI=1S/C20H20FNO4/c1-12-9-14(10-13(2)18(12)26-11-17(23)24)19(25)22-20(7-8-20)15-5-3-4-6-16(15)21/h3-6,9-10H,7-8,11H2,1-2H3,(H,22,25)(H,23,24). The lowest BCUT2D eigenvalue weighted by Crippen LogP contribution is -2.35. The summed E-state index contributed by atoms with van der Waals surface area (Å²) in [5, 5.41) is 11.7. The van der Waals surface area contributed by atoms with E-state index in [1.54, 1.807) is 44.2 Å². The molecule has 1 saturated carbocycles. The molecular weight excluding hydrogens is 337 g/mol. The average Bonchev–Trinajstić information content (AvgIpc) is 3.34. The van der Waals surface area contributed by atoms with Crippen molar-refractivity contribution in [2.75, 3.05) is 6.61 Å².